The Kier molecular flexibility index (Phi) is 7.79. The van der Waals surface area contributed by atoms with Gasteiger partial charge < -0.3 is 18.9 Å². The number of nitrogens with zero attached hydrogens (tertiary/aromatic N) is 1. The molecule has 0 fully saturated rings. The van der Waals surface area contributed by atoms with Crippen LogP contribution in [0.1, 0.15) is 18.5 Å². The third kappa shape index (κ3) is 6.29. The maximum Gasteiger partial charge on any atom is 0.573 e. The Morgan fingerprint density at radius 1 is 0.974 bits per heavy atom. The van der Waals surface area contributed by atoms with Gasteiger partial charge in [0.25, 0.3) is 0 Å². The number of alkyl halides is 7. The Hall–Kier alpha value is -4.16. The summed E-state index contributed by atoms with van der Waals surface area (Å²) in [6.45, 7) is 1.31. The van der Waals surface area contributed by atoms with Crippen LogP contribution in [0.5, 0.6) is 17.2 Å². The number of hydrogen-bond acceptors (Lipinski definition) is 5. The van der Waals surface area contributed by atoms with Crippen molar-refractivity contribution in [2.75, 3.05) is 18.1 Å². The van der Waals surface area contributed by atoms with Crippen LogP contribution in [-0.2, 0) is 4.74 Å². The normalized spacial score (nSPS) is 15.4. The lowest BCUT2D eigenvalue weighted by atomic mass is 9.99. The van der Waals surface area contributed by atoms with E-state index in [9.17, 15) is 35.5 Å². The summed E-state index contributed by atoms with van der Waals surface area (Å²) >= 11 is 0. The predicted molar refractivity (Wildman–Crippen MR) is 124 cm³/mol. The number of anilines is 1. The van der Waals surface area contributed by atoms with E-state index in [1.165, 1.54) is 41.3 Å². The molecule has 0 spiro atoms. The van der Waals surface area contributed by atoms with Crippen molar-refractivity contribution in [3.63, 3.8) is 0 Å². The molecule has 1 amide bonds. The smallest absolute Gasteiger partial charge is 0.488 e. The molecule has 13 heteroatoms. The summed E-state index contributed by atoms with van der Waals surface area (Å²) in [5.41, 5.74) is 1.01. The summed E-state index contributed by atoms with van der Waals surface area (Å²) in [4.78, 5) is 14.2. The second-order valence-corrected chi connectivity index (χ2v) is 8.16. The van der Waals surface area contributed by atoms with Crippen molar-refractivity contribution < 1.29 is 54.5 Å². The molecule has 0 aromatic heterocycles. The van der Waals surface area contributed by atoms with Crippen molar-refractivity contribution in [2.24, 2.45) is 0 Å². The number of carbonyl (C=O) groups excluding carboxylic acids is 1. The topological polar surface area (TPSA) is 57.2 Å². The summed E-state index contributed by atoms with van der Waals surface area (Å²) in [7, 11) is 0. The lowest BCUT2D eigenvalue weighted by molar-refractivity contribution is -0.274. The van der Waals surface area contributed by atoms with E-state index in [-0.39, 0.29) is 30.2 Å². The monoisotopic (exact) mass is 559 g/mol. The molecule has 1 unspecified atom stereocenters. The first-order valence-electron chi connectivity index (χ1n) is 11.4. The lowest BCUT2D eigenvalue weighted by Gasteiger charge is -2.37. The Morgan fingerprint density at radius 2 is 1.64 bits per heavy atom. The number of ether oxygens (including phenoxy) is 4. The van der Waals surface area contributed by atoms with E-state index >= 15 is 0 Å². The molecule has 0 saturated carbocycles. The van der Waals surface area contributed by atoms with E-state index in [1.54, 1.807) is 13.0 Å². The zero-order chi connectivity index (χ0) is 28.4. The fourth-order valence-electron chi connectivity index (χ4n) is 4.01. The molecule has 39 heavy (non-hydrogen) atoms. The first-order valence-corrected chi connectivity index (χ1v) is 11.4. The molecule has 4 rings (SSSR count). The third-order valence-corrected chi connectivity index (χ3v) is 5.54. The van der Waals surface area contributed by atoms with Gasteiger partial charge in [0, 0.05) is 5.56 Å². The summed E-state index contributed by atoms with van der Waals surface area (Å²) in [5, 5.41) is 0. The van der Waals surface area contributed by atoms with Crippen LogP contribution in [0, 0.1) is 0 Å². The first kappa shape index (κ1) is 27.9. The first-order chi connectivity index (χ1) is 18.4. The second kappa shape index (κ2) is 10.9. The molecular formula is C26H20F7NO5. The van der Waals surface area contributed by atoms with Gasteiger partial charge in [0.2, 0.25) is 0 Å². The van der Waals surface area contributed by atoms with Gasteiger partial charge in [-0.05, 0) is 48.4 Å². The Morgan fingerprint density at radius 3 is 2.31 bits per heavy atom. The van der Waals surface area contributed by atoms with Crippen molar-refractivity contribution >= 4 is 11.8 Å². The van der Waals surface area contributed by atoms with Gasteiger partial charge in [0.1, 0.15) is 18.1 Å². The van der Waals surface area contributed by atoms with Gasteiger partial charge in [-0.1, -0.05) is 36.4 Å². The molecule has 0 saturated heterocycles. The van der Waals surface area contributed by atoms with Gasteiger partial charge >= 0.3 is 25.0 Å². The van der Waals surface area contributed by atoms with Crippen LogP contribution in [0.4, 0.5) is 41.2 Å². The second-order valence-electron chi connectivity index (χ2n) is 8.16. The van der Waals surface area contributed by atoms with Gasteiger partial charge in [-0.3, -0.25) is 4.90 Å². The maximum atomic E-state index is 13.5. The average molecular weight is 559 g/mol. The van der Waals surface area contributed by atoms with Crippen LogP contribution in [0.2, 0.25) is 0 Å². The fourth-order valence-corrected chi connectivity index (χ4v) is 4.01. The highest BCUT2D eigenvalue weighted by molar-refractivity contribution is 5.94. The van der Waals surface area contributed by atoms with Crippen LogP contribution in [-0.4, -0.2) is 38.2 Å². The molecule has 0 N–H and O–H groups in total. The highest BCUT2D eigenvalue weighted by Gasteiger charge is 2.44. The minimum absolute atomic E-state index is 0.0154. The van der Waals surface area contributed by atoms with Crippen molar-refractivity contribution in [3.05, 3.63) is 72.3 Å². The number of halogens is 7. The highest BCUT2D eigenvalue weighted by Crippen LogP contribution is 2.46. The van der Waals surface area contributed by atoms with Crippen molar-refractivity contribution in [1.82, 2.24) is 0 Å². The predicted octanol–water partition coefficient (Wildman–Crippen LogP) is 7.59. The van der Waals surface area contributed by atoms with Crippen LogP contribution in [0.3, 0.4) is 0 Å². The molecule has 1 aliphatic heterocycles. The minimum Gasteiger partial charge on any atom is -0.488 e. The van der Waals surface area contributed by atoms with E-state index in [0.717, 1.165) is 24.3 Å². The van der Waals surface area contributed by atoms with Gasteiger partial charge in [0.05, 0.1) is 18.3 Å². The van der Waals surface area contributed by atoms with Crippen LogP contribution >= 0.6 is 0 Å². The minimum atomic E-state index is -4.91. The molecule has 0 aliphatic carbocycles. The average Bonchev–Trinajstić information content (AvgIpc) is 2.86. The quantitative estimate of drug-likeness (QED) is 0.279. The number of carbonyl (C=O) groups is 1. The van der Waals surface area contributed by atoms with E-state index in [0.29, 0.717) is 11.1 Å². The Labute approximate surface area is 217 Å². The zero-order valence-corrected chi connectivity index (χ0v) is 20.1. The van der Waals surface area contributed by atoms with E-state index < -0.39 is 42.5 Å². The van der Waals surface area contributed by atoms with E-state index in [2.05, 4.69) is 9.47 Å². The van der Waals surface area contributed by atoms with E-state index in [1.807, 2.05) is 0 Å². The van der Waals surface area contributed by atoms with Crippen LogP contribution in [0.15, 0.2) is 66.7 Å². The Bertz CT molecular complexity index is 1330. The van der Waals surface area contributed by atoms with Gasteiger partial charge in [-0.25, -0.2) is 4.79 Å². The molecule has 0 radical (unpaired) electrons. The summed E-state index contributed by atoms with van der Waals surface area (Å²) in [6, 6.07) is 13.7. The van der Waals surface area contributed by atoms with Crippen LogP contribution < -0.4 is 19.1 Å². The van der Waals surface area contributed by atoms with Crippen molar-refractivity contribution in [1.29, 1.82) is 0 Å². The standard InChI is InChI=1S/C26H20F7NO5/c1-2-36-24(35)34-20-11-5-10-19(15-6-3-9-18(12-15)39-26(31,32)33)22(20)37-14-21(34)16-7-4-8-17(13-16)38-25(29,30)23(27)28/h3-13,21,23H,2,14H2,1H3. The number of amides is 1. The number of benzene rings is 3. The van der Waals surface area contributed by atoms with Gasteiger partial charge in [-0.2, -0.15) is 17.6 Å². The Balaban J connectivity index is 1.74. The molecule has 0 bridgehead atoms. The number of hydrogen-bond donors (Lipinski definition) is 0. The molecule has 1 atom stereocenters. The van der Waals surface area contributed by atoms with Crippen LogP contribution in [0.25, 0.3) is 11.1 Å². The van der Waals surface area contributed by atoms with Gasteiger partial charge in [0.15, 0.2) is 5.75 Å². The highest BCUT2D eigenvalue weighted by atomic mass is 19.4. The molecule has 3 aromatic rings. The molecule has 1 heterocycles. The molecule has 208 valence electrons. The zero-order valence-electron chi connectivity index (χ0n) is 20.1. The molecule has 6 nitrogen and oxygen atoms in total. The number of para-hydroxylation sites is 1. The fraction of sp³-hybridized carbons (Fsp3) is 0.269. The van der Waals surface area contributed by atoms with Crippen molar-refractivity contribution in [2.45, 2.75) is 31.9 Å². The summed E-state index contributed by atoms with van der Waals surface area (Å²) < 4.78 is 110. The third-order valence-electron chi connectivity index (χ3n) is 5.54. The lowest BCUT2D eigenvalue weighted by Crippen LogP contribution is -2.41. The molecule has 3 aromatic carbocycles. The number of fused-ring (bicyclic) bond motifs is 1. The summed E-state index contributed by atoms with van der Waals surface area (Å²) in [5.74, 6) is -0.892. The molecule has 1 aliphatic rings. The van der Waals surface area contributed by atoms with Gasteiger partial charge in [-0.15, -0.1) is 13.2 Å². The largest absolute Gasteiger partial charge is 0.573 e. The number of rotatable bonds is 7. The van der Waals surface area contributed by atoms with Crippen molar-refractivity contribution in [3.8, 4) is 28.4 Å². The maximum absolute atomic E-state index is 13.5. The molecular weight excluding hydrogens is 539 g/mol. The summed E-state index contributed by atoms with van der Waals surface area (Å²) in [6.07, 6.45) is -14.5. The SMILES string of the molecule is CCOC(=O)N1c2cccc(-c3cccc(OC(F)(F)F)c3)c2OCC1c1cccc(OC(F)(F)C(F)F)c1. The van der Waals surface area contributed by atoms with E-state index in [4.69, 9.17) is 9.47 Å².